The minimum absolute atomic E-state index is 0.0844. The maximum atomic E-state index is 13.2. The number of aryl methyl sites for hydroxylation is 2. The Labute approximate surface area is 213 Å². The summed E-state index contributed by atoms with van der Waals surface area (Å²) in [7, 11) is 2.91. The van der Waals surface area contributed by atoms with Crippen LogP contribution in [-0.2, 0) is 9.59 Å². The molecule has 9 heteroatoms. The number of amides is 3. The van der Waals surface area contributed by atoms with Crippen molar-refractivity contribution < 1.29 is 23.9 Å². The molecule has 4 rings (SSSR count). The molecule has 0 spiro atoms. The van der Waals surface area contributed by atoms with Gasteiger partial charge in [-0.3, -0.25) is 14.4 Å². The molecule has 0 unspecified atom stereocenters. The zero-order chi connectivity index (χ0) is 26.0. The van der Waals surface area contributed by atoms with Gasteiger partial charge < -0.3 is 20.1 Å². The summed E-state index contributed by atoms with van der Waals surface area (Å²) in [4.78, 5) is 39.6. The first-order chi connectivity index (χ1) is 17.2. The number of nitrogens with one attached hydrogen (secondary N) is 2. The predicted molar refractivity (Wildman–Crippen MR) is 139 cm³/mol. The number of anilines is 3. The number of ether oxygens (including phenoxy) is 2. The molecule has 0 fully saturated rings. The lowest BCUT2D eigenvalue weighted by Crippen LogP contribution is -2.32. The fourth-order valence-electron chi connectivity index (χ4n) is 3.67. The van der Waals surface area contributed by atoms with E-state index in [4.69, 9.17) is 21.1 Å². The van der Waals surface area contributed by atoms with E-state index in [2.05, 4.69) is 10.6 Å². The van der Waals surface area contributed by atoms with E-state index in [-0.39, 0.29) is 22.3 Å². The van der Waals surface area contributed by atoms with E-state index in [1.54, 1.807) is 36.4 Å². The first-order valence-corrected chi connectivity index (χ1v) is 11.4. The van der Waals surface area contributed by atoms with Crippen molar-refractivity contribution in [3.05, 3.63) is 88.1 Å². The van der Waals surface area contributed by atoms with Crippen LogP contribution in [0.3, 0.4) is 0 Å². The molecular formula is C27H24ClN3O5. The van der Waals surface area contributed by atoms with Gasteiger partial charge in [-0.05, 0) is 73.5 Å². The van der Waals surface area contributed by atoms with E-state index in [1.807, 2.05) is 32.0 Å². The van der Waals surface area contributed by atoms with E-state index < -0.39 is 11.8 Å². The lowest BCUT2D eigenvalue weighted by atomic mass is 10.1. The normalized spacial score (nSPS) is 13.2. The Morgan fingerprint density at radius 3 is 2.17 bits per heavy atom. The number of benzene rings is 3. The van der Waals surface area contributed by atoms with Gasteiger partial charge in [-0.1, -0.05) is 17.7 Å². The van der Waals surface area contributed by atoms with Crippen molar-refractivity contribution in [1.29, 1.82) is 0 Å². The Balaban J connectivity index is 1.51. The van der Waals surface area contributed by atoms with Crippen LogP contribution in [0.2, 0.25) is 0 Å². The second-order valence-electron chi connectivity index (χ2n) is 8.13. The molecule has 0 saturated heterocycles. The molecule has 0 aliphatic carbocycles. The van der Waals surface area contributed by atoms with Gasteiger partial charge in [0.05, 0.1) is 19.9 Å². The lowest BCUT2D eigenvalue weighted by molar-refractivity contribution is -0.120. The van der Waals surface area contributed by atoms with E-state index in [0.29, 0.717) is 28.4 Å². The summed E-state index contributed by atoms with van der Waals surface area (Å²) in [6.07, 6.45) is 0. The summed E-state index contributed by atoms with van der Waals surface area (Å²) in [5.74, 6) is -0.861. The average molecular weight is 506 g/mol. The Bertz CT molecular complexity index is 1400. The van der Waals surface area contributed by atoms with Crippen molar-refractivity contribution >= 4 is 46.4 Å². The summed E-state index contributed by atoms with van der Waals surface area (Å²) in [6, 6.07) is 16.9. The number of hydrogen-bond acceptors (Lipinski definition) is 6. The number of halogens is 1. The van der Waals surface area contributed by atoms with Gasteiger partial charge >= 0.3 is 0 Å². The molecular weight excluding hydrogens is 482 g/mol. The van der Waals surface area contributed by atoms with Gasteiger partial charge in [-0.25, -0.2) is 4.90 Å². The van der Waals surface area contributed by atoms with Crippen LogP contribution < -0.4 is 25.0 Å². The fraction of sp³-hybridized carbons (Fsp3) is 0.148. The van der Waals surface area contributed by atoms with Gasteiger partial charge in [-0.2, -0.15) is 0 Å². The van der Waals surface area contributed by atoms with Gasteiger partial charge in [-0.15, -0.1) is 0 Å². The summed E-state index contributed by atoms with van der Waals surface area (Å²) >= 11 is 6.25. The van der Waals surface area contributed by atoms with Crippen LogP contribution in [0.5, 0.6) is 11.5 Å². The molecule has 1 aliphatic heterocycles. The maximum absolute atomic E-state index is 13.2. The third kappa shape index (κ3) is 4.76. The first-order valence-electron chi connectivity index (χ1n) is 11.0. The SMILES string of the molecule is COc1ccc(OC)c(N2C(=O)C(Cl)=C(Nc3ccc(C(=O)Nc4ccc(C)c(C)c4)cc3)C2=O)c1. The maximum Gasteiger partial charge on any atom is 0.283 e. The highest BCUT2D eigenvalue weighted by Gasteiger charge is 2.40. The van der Waals surface area contributed by atoms with Crippen molar-refractivity contribution in [3.63, 3.8) is 0 Å². The minimum Gasteiger partial charge on any atom is -0.497 e. The summed E-state index contributed by atoms with van der Waals surface area (Å²) in [6.45, 7) is 3.98. The third-order valence-corrected chi connectivity index (χ3v) is 6.19. The molecule has 0 bridgehead atoms. The molecule has 2 N–H and O–H groups in total. The number of nitrogens with zero attached hydrogens (tertiary/aromatic N) is 1. The highest BCUT2D eigenvalue weighted by atomic mass is 35.5. The average Bonchev–Trinajstić information content (AvgIpc) is 3.09. The van der Waals surface area contributed by atoms with Crippen LogP contribution in [0.4, 0.5) is 17.1 Å². The quantitative estimate of drug-likeness (QED) is 0.438. The second-order valence-corrected chi connectivity index (χ2v) is 8.51. The summed E-state index contributed by atoms with van der Waals surface area (Å²) < 4.78 is 10.5. The smallest absolute Gasteiger partial charge is 0.283 e. The number of imide groups is 1. The second kappa shape index (κ2) is 10.1. The molecule has 0 atom stereocenters. The van der Waals surface area contributed by atoms with Crippen LogP contribution in [-0.4, -0.2) is 31.9 Å². The van der Waals surface area contributed by atoms with Crippen LogP contribution in [0.25, 0.3) is 0 Å². The fourth-order valence-corrected chi connectivity index (χ4v) is 3.89. The van der Waals surface area contributed by atoms with Gasteiger partial charge in [0.2, 0.25) is 0 Å². The van der Waals surface area contributed by atoms with Crippen molar-refractivity contribution in [1.82, 2.24) is 0 Å². The van der Waals surface area contributed by atoms with Crippen LogP contribution in [0, 0.1) is 13.8 Å². The zero-order valence-electron chi connectivity index (χ0n) is 20.1. The summed E-state index contributed by atoms with van der Waals surface area (Å²) in [5, 5.41) is 5.50. The predicted octanol–water partition coefficient (Wildman–Crippen LogP) is 5.01. The van der Waals surface area contributed by atoms with Gasteiger partial charge in [0, 0.05) is 23.0 Å². The highest BCUT2D eigenvalue weighted by Crippen LogP contribution is 2.38. The Morgan fingerprint density at radius 2 is 1.53 bits per heavy atom. The highest BCUT2D eigenvalue weighted by molar-refractivity contribution is 6.53. The van der Waals surface area contributed by atoms with Crippen molar-refractivity contribution in [2.75, 3.05) is 29.8 Å². The summed E-state index contributed by atoms with van der Waals surface area (Å²) in [5.41, 5.74) is 3.94. The van der Waals surface area contributed by atoms with Crippen LogP contribution in [0.1, 0.15) is 21.5 Å². The Morgan fingerprint density at radius 1 is 0.833 bits per heavy atom. The molecule has 0 radical (unpaired) electrons. The zero-order valence-corrected chi connectivity index (χ0v) is 20.9. The lowest BCUT2D eigenvalue weighted by Gasteiger charge is -2.19. The minimum atomic E-state index is -0.694. The topological polar surface area (TPSA) is 97.0 Å². The molecule has 3 aromatic rings. The van der Waals surface area contributed by atoms with Gasteiger partial charge in [0.25, 0.3) is 17.7 Å². The van der Waals surface area contributed by atoms with Crippen molar-refractivity contribution in [3.8, 4) is 11.5 Å². The number of rotatable bonds is 7. The molecule has 3 amide bonds. The van der Waals surface area contributed by atoms with E-state index in [1.165, 1.54) is 20.3 Å². The van der Waals surface area contributed by atoms with Crippen molar-refractivity contribution in [2.24, 2.45) is 0 Å². The Kier molecular flexibility index (Phi) is 6.98. The standard InChI is InChI=1S/C27H24ClN3O5/c1-15-5-8-19(13-16(15)2)30-25(32)17-6-9-18(10-7-17)29-24-23(28)26(33)31(27(24)34)21-14-20(35-3)11-12-22(21)36-4/h5-14,29H,1-4H3,(H,30,32). The van der Waals surface area contributed by atoms with Gasteiger partial charge in [0.1, 0.15) is 22.2 Å². The van der Waals surface area contributed by atoms with Gasteiger partial charge in [0.15, 0.2) is 0 Å². The van der Waals surface area contributed by atoms with E-state index >= 15 is 0 Å². The largest absolute Gasteiger partial charge is 0.497 e. The van der Waals surface area contributed by atoms with Crippen molar-refractivity contribution in [2.45, 2.75) is 13.8 Å². The Hall–Kier alpha value is -4.30. The number of hydrogen-bond donors (Lipinski definition) is 2. The molecule has 36 heavy (non-hydrogen) atoms. The molecule has 0 aromatic heterocycles. The van der Waals surface area contributed by atoms with Crippen LogP contribution in [0.15, 0.2) is 71.4 Å². The number of carbonyl (C=O) groups excluding carboxylic acids is 3. The molecule has 1 heterocycles. The van der Waals surface area contributed by atoms with Crippen LogP contribution >= 0.6 is 11.6 Å². The van der Waals surface area contributed by atoms with E-state index in [0.717, 1.165) is 16.0 Å². The molecule has 8 nitrogen and oxygen atoms in total. The van der Waals surface area contributed by atoms with E-state index in [9.17, 15) is 14.4 Å². The molecule has 184 valence electrons. The number of carbonyl (C=O) groups is 3. The molecule has 1 aliphatic rings. The molecule has 0 saturated carbocycles. The third-order valence-electron chi connectivity index (χ3n) is 5.84. The molecule has 3 aromatic carbocycles. The number of methoxy groups -OCH3 is 2. The first kappa shape index (κ1) is 24.8. The monoisotopic (exact) mass is 505 g/mol.